The van der Waals surface area contributed by atoms with Crippen molar-refractivity contribution in [2.24, 2.45) is 12.8 Å². The number of rotatable bonds is 6. The Labute approximate surface area is 280 Å². The minimum atomic E-state index is -1.32. The molecule has 8 heterocycles. The number of nitrogens with one attached hydrogen (secondary N) is 1. The van der Waals surface area contributed by atoms with Gasteiger partial charge in [-0.05, 0) is 56.7 Å². The molecule has 1 amide bonds. The fourth-order valence-electron chi connectivity index (χ4n) is 6.49. The summed E-state index contributed by atoms with van der Waals surface area (Å²) in [6.45, 7) is 4.08. The number of halogens is 1. The van der Waals surface area contributed by atoms with Crippen LogP contribution in [0.3, 0.4) is 0 Å². The number of amides is 1. The van der Waals surface area contributed by atoms with Crippen molar-refractivity contribution in [3.63, 3.8) is 0 Å². The highest BCUT2D eigenvalue weighted by Crippen LogP contribution is 2.40. The largest absolute Gasteiger partial charge is 0.367 e. The molecule has 3 N–H and O–H groups in total. The summed E-state index contributed by atoms with van der Waals surface area (Å²) in [4.78, 5) is 37.2. The molecule has 2 saturated heterocycles. The lowest BCUT2D eigenvalue weighted by Crippen LogP contribution is -2.51. The van der Waals surface area contributed by atoms with Gasteiger partial charge in [0, 0.05) is 74.1 Å². The molecule has 3 aliphatic heterocycles. The summed E-state index contributed by atoms with van der Waals surface area (Å²) in [7, 11) is 1.87. The minimum Gasteiger partial charge on any atom is -0.367 e. The number of aromatic nitrogens is 6. The van der Waals surface area contributed by atoms with E-state index in [9.17, 15) is 4.79 Å². The van der Waals surface area contributed by atoms with Crippen LogP contribution in [0.1, 0.15) is 55.2 Å². The van der Waals surface area contributed by atoms with Crippen LogP contribution < -0.4 is 20.9 Å². The van der Waals surface area contributed by atoms with Crippen LogP contribution in [0.25, 0.3) is 32.0 Å². The second kappa shape index (κ2) is 12.3. The number of anilines is 2. The van der Waals surface area contributed by atoms with E-state index in [0.29, 0.717) is 11.2 Å². The summed E-state index contributed by atoms with van der Waals surface area (Å²) in [6, 6.07) is 4.13. The van der Waals surface area contributed by atoms with Crippen LogP contribution >= 0.6 is 35.1 Å². The summed E-state index contributed by atoms with van der Waals surface area (Å²) < 4.78 is 3.69. The van der Waals surface area contributed by atoms with Gasteiger partial charge in [-0.15, -0.1) is 12.4 Å². The number of dihydropyridines is 1. The van der Waals surface area contributed by atoms with Gasteiger partial charge in [0.05, 0.1) is 21.3 Å². The predicted octanol–water partition coefficient (Wildman–Crippen LogP) is 5.24. The Balaban J connectivity index is 0.00000338. The molecular weight excluding hydrogens is 640 g/mol. The number of carbonyl (C=O) groups is 1. The van der Waals surface area contributed by atoms with Crippen LogP contribution in [0.2, 0.25) is 0 Å². The maximum atomic E-state index is 13.4. The molecule has 2 fully saturated rings. The first-order valence-electron chi connectivity index (χ1n) is 15.5. The summed E-state index contributed by atoms with van der Waals surface area (Å²) in [5, 5.41) is 9.98. The molecule has 14 heteroatoms. The Bertz CT molecular complexity index is 1980. The Morgan fingerprint density at radius 1 is 0.848 bits per heavy atom. The van der Waals surface area contributed by atoms with Crippen LogP contribution in [0.4, 0.5) is 10.3 Å². The Hall–Kier alpha value is -4.07. The van der Waals surface area contributed by atoms with E-state index in [2.05, 4.69) is 26.3 Å². The fraction of sp³-hybridized carbons (Fsp3) is 0.375. The number of piperidine rings is 2. The molecule has 0 spiro atoms. The van der Waals surface area contributed by atoms with Crippen molar-refractivity contribution in [2.45, 2.75) is 44.1 Å². The lowest BCUT2D eigenvalue weighted by molar-refractivity contribution is -0.122. The Kier molecular flexibility index (Phi) is 8.16. The molecule has 0 bridgehead atoms. The lowest BCUT2D eigenvalue weighted by atomic mass is 9.84. The van der Waals surface area contributed by atoms with E-state index < -0.39 is 11.4 Å². The molecule has 8 rings (SSSR count). The van der Waals surface area contributed by atoms with Crippen molar-refractivity contribution in [3.8, 4) is 0 Å². The van der Waals surface area contributed by atoms with Gasteiger partial charge in [0.1, 0.15) is 0 Å². The predicted molar refractivity (Wildman–Crippen MR) is 187 cm³/mol. The van der Waals surface area contributed by atoms with Crippen LogP contribution in [0, 0.1) is 0 Å². The molecule has 238 valence electrons. The zero-order valence-electron chi connectivity index (χ0n) is 25.5. The fourth-order valence-corrected chi connectivity index (χ4v) is 8.52. The number of carbonyl (C=O) groups excluding carboxylic acids is 1. The summed E-state index contributed by atoms with van der Waals surface area (Å²) in [5.41, 5.74) is 10.4. The van der Waals surface area contributed by atoms with Crippen molar-refractivity contribution < 1.29 is 4.79 Å². The van der Waals surface area contributed by atoms with Crippen LogP contribution in [-0.4, -0.2) is 61.8 Å². The molecule has 0 saturated carbocycles. The zero-order chi connectivity index (χ0) is 30.5. The smallest absolute Gasteiger partial charge is 0.251 e. The molecule has 0 aromatic carbocycles. The SMILES string of the molecule is Cl.Cn1cc(C2=C(c3cnc4nc(N5CCCCC5)sc4c3)C=CC(C(N)=O)(c3cnc4nc(N5CCCCC5)sc4c3)N2)cn1. The van der Waals surface area contributed by atoms with E-state index in [1.807, 2.05) is 37.7 Å². The van der Waals surface area contributed by atoms with E-state index in [0.717, 1.165) is 73.9 Å². The number of fused-ring (bicyclic) bond motifs is 2. The highest BCUT2D eigenvalue weighted by Gasteiger charge is 2.41. The van der Waals surface area contributed by atoms with E-state index in [1.165, 1.54) is 38.5 Å². The third-order valence-corrected chi connectivity index (χ3v) is 11.1. The third-order valence-electron chi connectivity index (χ3n) is 8.96. The van der Waals surface area contributed by atoms with Gasteiger partial charge in [-0.1, -0.05) is 28.7 Å². The van der Waals surface area contributed by atoms with Crippen molar-refractivity contribution in [1.82, 2.24) is 35.0 Å². The number of pyridine rings is 2. The van der Waals surface area contributed by atoms with Crippen LogP contribution in [0.5, 0.6) is 0 Å². The summed E-state index contributed by atoms with van der Waals surface area (Å²) in [6.07, 6.45) is 18.3. The van der Waals surface area contributed by atoms with E-state index in [-0.39, 0.29) is 12.4 Å². The Morgan fingerprint density at radius 2 is 1.46 bits per heavy atom. The molecular formula is C32H35ClN10OS2. The van der Waals surface area contributed by atoms with Gasteiger partial charge < -0.3 is 20.9 Å². The molecule has 5 aromatic rings. The number of hydrogen-bond acceptors (Lipinski definition) is 11. The molecule has 0 aliphatic carbocycles. The number of nitrogens with two attached hydrogens (primary N) is 1. The molecule has 5 aromatic heterocycles. The summed E-state index contributed by atoms with van der Waals surface area (Å²) in [5.74, 6) is -0.525. The second-order valence-corrected chi connectivity index (χ2v) is 14.0. The number of hydrogen-bond donors (Lipinski definition) is 2. The van der Waals surface area contributed by atoms with Gasteiger partial charge >= 0.3 is 0 Å². The number of allylic oxidation sites excluding steroid dienone is 2. The maximum Gasteiger partial charge on any atom is 0.251 e. The van der Waals surface area contributed by atoms with Gasteiger partial charge in [0.2, 0.25) is 0 Å². The van der Waals surface area contributed by atoms with Gasteiger partial charge in [0.15, 0.2) is 27.1 Å². The third kappa shape index (κ3) is 5.39. The zero-order valence-corrected chi connectivity index (χ0v) is 27.9. The first-order chi connectivity index (χ1) is 22.0. The second-order valence-electron chi connectivity index (χ2n) is 12.0. The monoisotopic (exact) mass is 674 g/mol. The normalized spacial score (nSPS) is 20.3. The minimum absolute atomic E-state index is 0. The molecule has 1 atom stereocenters. The van der Waals surface area contributed by atoms with E-state index in [1.54, 1.807) is 39.7 Å². The highest BCUT2D eigenvalue weighted by molar-refractivity contribution is 7.22. The number of primary amides is 1. The average molecular weight is 675 g/mol. The molecule has 1 unspecified atom stereocenters. The van der Waals surface area contributed by atoms with Crippen molar-refractivity contribution in [2.75, 3.05) is 36.0 Å². The molecule has 46 heavy (non-hydrogen) atoms. The molecule has 0 radical (unpaired) electrons. The van der Waals surface area contributed by atoms with Crippen molar-refractivity contribution in [1.29, 1.82) is 0 Å². The summed E-state index contributed by atoms with van der Waals surface area (Å²) >= 11 is 3.29. The average Bonchev–Trinajstić information content (AvgIpc) is 3.82. The number of nitrogens with zero attached hydrogens (tertiary/aromatic N) is 8. The highest BCUT2D eigenvalue weighted by atomic mass is 35.5. The van der Waals surface area contributed by atoms with Crippen LogP contribution in [0.15, 0.2) is 49.1 Å². The van der Waals surface area contributed by atoms with Gasteiger partial charge in [-0.25, -0.2) is 9.97 Å². The number of aryl methyl sites for hydroxylation is 1. The van der Waals surface area contributed by atoms with E-state index >= 15 is 0 Å². The van der Waals surface area contributed by atoms with Crippen molar-refractivity contribution >= 4 is 83.2 Å². The molecule has 3 aliphatic rings. The van der Waals surface area contributed by atoms with Crippen LogP contribution in [-0.2, 0) is 17.4 Å². The van der Waals surface area contributed by atoms with Crippen molar-refractivity contribution in [3.05, 3.63) is 65.8 Å². The topological polar surface area (TPSA) is 131 Å². The van der Waals surface area contributed by atoms with Gasteiger partial charge in [-0.3, -0.25) is 9.48 Å². The quantitative estimate of drug-likeness (QED) is 0.248. The lowest BCUT2D eigenvalue weighted by Gasteiger charge is -2.35. The molecule has 11 nitrogen and oxygen atoms in total. The standard InChI is InChI=1S/C32H34N10OS2.ClH/c1-40-19-21(17-36-40)26-23(20-14-24-27(34-16-20)37-30(44-24)41-10-4-2-5-11-41)8-9-32(39-26,29(33)43)22-15-25-28(35-18-22)38-31(45-25)42-12-6-3-7-13-42;/h8-9,14-19,39H,2-7,10-13H2,1H3,(H2,33,43);1H. The van der Waals surface area contributed by atoms with E-state index in [4.69, 9.17) is 25.7 Å². The number of thiazole rings is 2. The van der Waals surface area contributed by atoms with Gasteiger partial charge in [-0.2, -0.15) is 15.1 Å². The first-order valence-corrected chi connectivity index (χ1v) is 17.1. The Morgan fingerprint density at radius 3 is 2.04 bits per heavy atom. The maximum absolute atomic E-state index is 13.4. The van der Waals surface area contributed by atoms with Gasteiger partial charge in [0.25, 0.3) is 5.91 Å². The first kappa shape index (κ1) is 30.6.